The highest BCUT2D eigenvalue weighted by Gasteiger charge is 2.15. The normalized spacial score (nSPS) is 11.0. The second-order valence-corrected chi connectivity index (χ2v) is 5.08. The number of nitrogen functional groups attached to an aromatic ring is 1. The number of hydrogen-bond donors (Lipinski definition) is 1. The maximum absolute atomic E-state index is 13.2. The summed E-state index contributed by atoms with van der Waals surface area (Å²) in [4.78, 5) is 16.3. The van der Waals surface area contributed by atoms with Gasteiger partial charge in [0.15, 0.2) is 5.78 Å². The van der Waals surface area contributed by atoms with Crippen molar-refractivity contribution in [2.45, 2.75) is 26.8 Å². The number of ketones is 1. The number of rotatable bonds is 5. The van der Waals surface area contributed by atoms with Crippen molar-refractivity contribution in [2.75, 3.05) is 5.73 Å². The number of carbonyl (C=O) groups is 1. The van der Waals surface area contributed by atoms with E-state index in [0.29, 0.717) is 18.3 Å². The van der Waals surface area contributed by atoms with Crippen molar-refractivity contribution in [1.29, 1.82) is 0 Å². The average molecular weight is 276 g/mol. The van der Waals surface area contributed by atoms with Crippen LogP contribution in [0.25, 0.3) is 0 Å². The van der Waals surface area contributed by atoms with Crippen LogP contribution in [-0.2, 0) is 13.0 Å². The number of nitrogens with two attached hydrogens (primary N) is 1. The van der Waals surface area contributed by atoms with E-state index in [-0.39, 0.29) is 23.5 Å². The third kappa shape index (κ3) is 3.20. The summed E-state index contributed by atoms with van der Waals surface area (Å²) in [5.74, 6) is 0.211. The van der Waals surface area contributed by atoms with Gasteiger partial charge in [-0.15, -0.1) is 0 Å². The molecular weight excluding hydrogens is 259 g/mol. The van der Waals surface area contributed by atoms with Crippen LogP contribution in [0.3, 0.4) is 0 Å². The van der Waals surface area contributed by atoms with Crippen molar-refractivity contribution in [3.05, 3.63) is 41.7 Å². The highest BCUT2D eigenvalue weighted by atomic mass is 19.1. The molecule has 0 atom stereocenters. The Morgan fingerprint density at radius 1 is 1.45 bits per heavy atom. The van der Waals surface area contributed by atoms with E-state index in [9.17, 15) is 9.18 Å². The number of aromatic nitrogens is 3. The quantitative estimate of drug-likeness (QED) is 0.670. The zero-order valence-corrected chi connectivity index (χ0v) is 11.5. The van der Waals surface area contributed by atoms with E-state index in [0.717, 1.165) is 6.07 Å². The minimum Gasteiger partial charge on any atom is -0.398 e. The van der Waals surface area contributed by atoms with Gasteiger partial charge < -0.3 is 5.73 Å². The summed E-state index contributed by atoms with van der Waals surface area (Å²) < 4.78 is 14.9. The molecule has 0 aliphatic heterocycles. The van der Waals surface area contributed by atoms with Crippen LogP contribution >= 0.6 is 0 Å². The Morgan fingerprint density at radius 3 is 2.90 bits per heavy atom. The highest BCUT2D eigenvalue weighted by molar-refractivity contribution is 6.01. The number of hydrogen-bond acceptors (Lipinski definition) is 4. The van der Waals surface area contributed by atoms with Gasteiger partial charge in [0.2, 0.25) is 0 Å². The molecule has 0 saturated heterocycles. The molecular formula is C14H17FN4O. The predicted molar refractivity (Wildman–Crippen MR) is 73.7 cm³/mol. The molecule has 2 aromatic rings. The van der Waals surface area contributed by atoms with Crippen molar-refractivity contribution in [1.82, 2.24) is 14.8 Å². The smallest absolute Gasteiger partial charge is 0.172 e. The number of anilines is 1. The zero-order chi connectivity index (χ0) is 14.7. The van der Waals surface area contributed by atoms with Gasteiger partial charge in [-0.2, -0.15) is 5.10 Å². The average Bonchev–Trinajstić information content (AvgIpc) is 2.78. The van der Waals surface area contributed by atoms with E-state index in [1.807, 2.05) is 0 Å². The Labute approximate surface area is 116 Å². The number of carbonyl (C=O) groups excluding carboxylic acids is 1. The molecule has 0 spiro atoms. The van der Waals surface area contributed by atoms with Crippen molar-refractivity contribution in [2.24, 2.45) is 5.92 Å². The number of halogens is 1. The lowest BCUT2D eigenvalue weighted by Gasteiger charge is -2.09. The minimum atomic E-state index is -0.480. The van der Waals surface area contributed by atoms with Crippen LogP contribution in [-0.4, -0.2) is 20.5 Å². The maximum atomic E-state index is 13.2. The molecule has 6 heteroatoms. The molecule has 1 aromatic heterocycles. The van der Waals surface area contributed by atoms with Crippen LogP contribution in [0.4, 0.5) is 10.1 Å². The Kier molecular flexibility index (Phi) is 4.12. The molecule has 0 unspecified atom stereocenters. The first-order valence-corrected chi connectivity index (χ1v) is 6.42. The van der Waals surface area contributed by atoms with Crippen molar-refractivity contribution >= 4 is 11.5 Å². The van der Waals surface area contributed by atoms with Gasteiger partial charge in [0.25, 0.3) is 0 Å². The second kappa shape index (κ2) is 5.81. The standard InChI is InChI=1S/C14H17FN4O/c1-9(2)7-19-14(17-8-18-19)6-13(20)11-5-10(15)3-4-12(11)16/h3-5,8-9H,6-7,16H2,1-2H3. The van der Waals surface area contributed by atoms with Crippen LogP contribution < -0.4 is 5.73 Å². The molecule has 0 saturated carbocycles. The molecule has 20 heavy (non-hydrogen) atoms. The van der Waals surface area contributed by atoms with Crippen LogP contribution in [0.2, 0.25) is 0 Å². The summed E-state index contributed by atoms with van der Waals surface area (Å²) in [6.45, 7) is 4.79. The largest absolute Gasteiger partial charge is 0.398 e. The molecule has 5 nitrogen and oxygen atoms in total. The summed E-state index contributed by atoms with van der Waals surface area (Å²) in [5.41, 5.74) is 6.16. The van der Waals surface area contributed by atoms with E-state index < -0.39 is 5.82 Å². The first-order chi connectivity index (χ1) is 9.47. The fourth-order valence-electron chi connectivity index (χ4n) is 1.93. The van der Waals surface area contributed by atoms with Crippen molar-refractivity contribution in [3.63, 3.8) is 0 Å². The molecule has 0 aliphatic carbocycles. The van der Waals surface area contributed by atoms with E-state index >= 15 is 0 Å². The monoisotopic (exact) mass is 276 g/mol. The van der Waals surface area contributed by atoms with Crippen molar-refractivity contribution in [3.8, 4) is 0 Å². The van der Waals surface area contributed by atoms with Crippen LogP contribution in [0.5, 0.6) is 0 Å². The lowest BCUT2D eigenvalue weighted by Crippen LogP contribution is -2.15. The molecule has 2 rings (SSSR count). The fraction of sp³-hybridized carbons (Fsp3) is 0.357. The fourth-order valence-corrected chi connectivity index (χ4v) is 1.93. The number of benzene rings is 1. The molecule has 0 fully saturated rings. The van der Waals surface area contributed by atoms with Gasteiger partial charge in [0, 0.05) is 17.8 Å². The first-order valence-electron chi connectivity index (χ1n) is 6.42. The van der Waals surface area contributed by atoms with Crippen molar-refractivity contribution < 1.29 is 9.18 Å². The SMILES string of the molecule is CC(C)Cn1ncnc1CC(=O)c1cc(F)ccc1N. The van der Waals surface area contributed by atoms with Crippen LogP contribution in [0, 0.1) is 11.7 Å². The lowest BCUT2D eigenvalue weighted by molar-refractivity contribution is 0.0989. The minimum absolute atomic E-state index is 0.0559. The maximum Gasteiger partial charge on any atom is 0.172 e. The van der Waals surface area contributed by atoms with Gasteiger partial charge in [-0.3, -0.25) is 4.79 Å². The summed E-state index contributed by atoms with van der Waals surface area (Å²) in [6.07, 6.45) is 1.47. The summed E-state index contributed by atoms with van der Waals surface area (Å²) in [5, 5.41) is 4.09. The Bertz CT molecular complexity index is 621. The summed E-state index contributed by atoms with van der Waals surface area (Å²) in [6, 6.07) is 3.77. The molecule has 2 N–H and O–H groups in total. The molecule has 0 radical (unpaired) electrons. The van der Waals surface area contributed by atoms with Gasteiger partial charge >= 0.3 is 0 Å². The topological polar surface area (TPSA) is 73.8 Å². The van der Waals surface area contributed by atoms with Crippen LogP contribution in [0.1, 0.15) is 30.0 Å². The van der Waals surface area contributed by atoms with E-state index in [2.05, 4.69) is 23.9 Å². The lowest BCUT2D eigenvalue weighted by atomic mass is 10.1. The Balaban J connectivity index is 2.20. The van der Waals surface area contributed by atoms with Gasteiger partial charge in [-0.1, -0.05) is 13.8 Å². The number of nitrogens with zero attached hydrogens (tertiary/aromatic N) is 3. The zero-order valence-electron chi connectivity index (χ0n) is 11.5. The molecule has 1 heterocycles. The Hall–Kier alpha value is -2.24. The molecule has 106 valence electrons. The van der Waals surface area contributed by atoms with E-state index in [4.69, 9.17) is 5.73 Å². The molecule has 0 amide bonds. The van der Waals surface area contributed by atoms with E-state index in [1.165, 1.54) is 18.5 Å². The van der Waals surface area contributed by atoms with E-state index in [1.54, 1.807) is 4.68 Å². The molecule has 0 bridgehead atoms. The highest BCUT2D eigenvalue weighted by Crippen LogP contribution is 2.16. The molecule has 0 aliphatic rings. The molecule has 1 aromatic carbocycles. The first kappa shape index (κ1) is 14.2. The Morgan fingerprint density at radius 2 is 2.20 bits per heavy atom. The second-order valence-electron chi connectivity index (χ2n) is 5.08. The van der Waals surface area contributed by atoms with Gasteiger partial charge in [-0.25, -0.2) is 14.1 Å². The van der Waals surface area contributed by atoms with Gasteiger partial charge in [0.1, 0.15) is 18.0 Å². The third-order valence-corrected chi connectivity index (χ3v) is 2.87. The third-order valence-electron chi connectivity index (χ3n) is 2.87. The summed E-state index contributed by atoms with van der Waals surface area (Å²) >= 11 is 0. The summed E-state index contributed by atoms with van der Waals surface area (Å²) in [7, 11) is 0. The van der Waals surface area contributed by atoms with Gasteiger partial charge in [0.05, 0.1) is 6.42 Å². The van der Waals surface area contributed by atoms with Gasteiger partial charge in [-0.05, 0) is 24.1 Å². The predicted octanol–water partition coefficient (Wildman–Crippen LogP) is 2.08. The van der Waals surface area contributed by atoms with Crippen LogP contribution in [0.15, 0.2) is 24.5 Å². The number of Topliss-reactive ketones (excluding diaryl/α,β-unsaturated/α-hetero) is 1.